The van der Waals surface area contributed by atoms with E-state index in [1.54, 1.807) is 0 Å². The lowest BCUT2D eigenvalue weighted by Gasteiger charge is -2.45. The molecule has 0 radical (unpaired) electrons. The highest BCUT2D eigenvalue weighted by Gasteiger charge is 2.45. The lowest BCUT2D eigenvalue weighted by Crippen LogP contribution is -2.55. The maximum Gasteiger partial charge on any atom is 0.0804 e. The Kier molecular flexibility index (Phi) is 5.21. The van der Waals surface area contributed by atoms with E-state index in [1.165, 1.54) is 12.2 Å². The van der Waals surface area contributed by atoms with Crippen molar-refractivity contribution in [2.75, 3.05) is 24.7 Å². The minimum atomic E-state index is -0.191. The molecule has 2 fully saturated rings. The molecule has 2 N–H and O–H groups in total. The Hall–Kier alpha value is 0.230. The lowest BCUT2D eigenvalue weighted by molar-refractivity contribution is -0.113. The second kappa shape index (κ2) is 6.33. The number of rotatable bonds is 5. The van der Waals surface area contributed by atoms with Crippen LogP contribution in [-0.4, -0.2) is 42.0 Å². The SMILES string of the molecule is CCOC(C)(CC)C(N)C1CCOC2(CCSC2)C1. The molecule has 4 atom stereocenters. The normalized spacial score (nSPS) is 36.3. The van der Waals surface area contributed by atoms with Gasteiger partial charge in [0.15, 0.2) is 0 Å². The molecule has 0 aliphatic carbocycles. The molecule has 2 aliphatic heterocycles. The first-order valence-corrected chi connectivity index (χ1v) is 8.82. The van der Waals surface area contributed by atoms with Crippen molar-refractivity contribution in [2.45, 2.75) is 63.7 Å². The molecule has 0 amide bonds. The third-order valence-electron chi connectivity index (χ3n) is 4.99. The van der Waals surface area contributed by atoms with Crippen molar-refractivity contribution >= 4 is 11.8 Å². The summed E-state index contributed by atoms with van der Waals surface area (Å²) in [4.78, 5) is 0. The molecule has 2 heterocycles. The van der Waals surface area contributed by atoms with Crippen LogP contribution in [0.3, 0.4) is 0 Å². The Morgan fingerprint density at radius 2 is 2.32 bits per heavy atom. The summed E-state index contributed by atoms with van der Waals surface area (Å²) in [7, 11) is 0. The van der Waals surface area contributed by atoms with Crippen molar-refractivity contribution in [3.63, 3.8) is 0 Å². The van der Waals surface area contributed by atoms with Gasteiger partial charge in [0.1, 0.15) is 0 Å². The molecule has 4 heteroatoms. The molecule has 0 saturated carbocycles. The first kappa shape index (κ1) is 15.6. The van der Waals surface area contributed by atoms with Crippen molar-refractivity contribution in [1.82, 2.24) is 0 Å². The number of hydrogen-bond acceptors (Lipinski definition) is 4. The van der Waals surface area contributed by atoms with E-state index >= 15 is 0 Å². The van der Waals surface area contributed by atoms with E-state index in [9.17, 15) is 0 Å². The summed E-state index contributed by atoms with van der Waals surface area (Å²) in [6, 6.07) is 0.115. The highest BCUT2D eigenvalue weighted by atomic mass is 32.2. The average Bonchev–Trinajstić information content (AvgIpc) is 2.86. The van der Waals surface area contributed by atoms with Crippen LogP contribution in [0.1, 0.15) is 46.5 Å². The summed E-state index contributed by atoms with van der Waals surface area (Å²) in [5.41, 5.74) is 6.51. The maximum atomic E-state index is 6.59. The van der Waals surface area contributed by atoms with E-state index in [-0.39, 0.29) is 17.2 Å². The van der Waals surface area contributed by atoms with E-state index in [2.05, 4.69) is 20.8 Å². The number of hydrogen-bond donors (Lipinski definition) is 1. The summed E-state index contributed by atoms with van der Waals surface area (Å²) in [5, 5.41) is 0. The Labute approximate surface area is 122 Å². The Balaban J connectivity index is 2.03. The van der Waals surface area contributed by atoms with Gasteiger partial charge in [0.05, 0.1) is 11.2 Å². The van der Waals surface area contributed by atoms with Gasteiger partial charge in [-0.25, -0.2) is 0 Å². The van der Waals surface area contributed by atoms with E-state index in [0.717, 1.165) is 38.2 Å². The van der Waals surface area contributed by atoms with Crippen LogP contribution < -0.4 is 5.73 Å². The van der Waals surface area contributed by atoms with Gasteiger partial charge in [-0.05, 0) is 51.2 Å². The van der Waals surface area contributed by atoms with Gasteiger partial charge < -0.3 is 15.2 Å². The minimum absolute atomic E-state index is 0.115. The molecular weight excluding hydrogens is 258 g/mol. The summed E-state index contributed by atoms with van der Waals surface area (Å²) >= 11 is 2.02. The first-order chi connectivity index (χ1) is 9.05. The topological polar surface area (TPSA) is 44.5 Å². The molecule has 2 aliphatic rings. The van der Waals surface area contributed by atoms with Gasteiger partial charge in [-0.15, -0.1) is 0 Å². The Bertz CT molecular complexity index is 294. The van der Waals surface area contributed by atoms with Crippen molar-refractivity contribution in [2.24, 2.45) is 11.7 Å². The van der Waals surface area contributed by atoms with Gasteiger partial charge in [0.25, 0.3) is 0 Å². The lowest BCUT2D eigenvalue weighted by atomic mass is 9.75. The fraction of sp³-hybridized carbons (Fsp3) is 1.00. The second-order valence-corrected chi connectivity index (χ2v) is 7.32. The van der Waals surface area contributed by atoms with E-state index in [4.69, 9.17) is 15.2 Å². The van der Waals surface area contributed by atoms with Crippen LogP contribution in [0.4, 0.5) is 0 Å². The quantitative estimate of drug-likeness (QED) is 0.844. The van der Waals surface area contributed by atoms with Crippen molar-refractivity contribution < 1.29 is 9.47 Å². The minimum Gasteiger partial charge on any atom is -0.374 e. The third kappa shape index (κ3) is 3.29. The summed E-state index contributed by atoms with van der Waals surface area (Å²) in [5.74, 6) is 2.91. The van der Waals surface area contributed by atoms with Crippen molar-refractivity contribution in [1.29, 1.82) is 0 Å². The van der Waals surface area contributed by atoms with Crippen LogP contribution in [0.15, 0.2) is 0 Å². The van der Waals surface area contributed by atoms with Gasteiger partial charge in [0, 0.05) is 25.0 Å². The van der Waals surface area contributed by atoms with Crippen LogP contribution >= 0.6 is 11.8 Å². The fourth-order valence-electron chi connectivity index (χ4n) is 3.50. The first-order valence-electron chi connectivity index (χ1n) is 7.66. The number of thioether (sulfide) groups is 1. The average molecular weight is 287 g/mol. The van der Waals surface area contributed by atoms with Gasteiger partial charge >= 0.3 is 0 Å². The number of ether oxygens (including phenoxy) is 2. The molecule has 112 valence electrons. The molecular formula is C15H29NO2S. The summed E-state index contributed by atoms with van der Waals surface area (Å²) in [6.07, 6.45) is 4.36. The van der Waals surface area contributed by atoms with Gasteiger partial charge in [0.2, 0.25) is 0 Å². The zero-order chi connectivity index (χ0) is 13.9. The molecule has 0 aromatic heterocycles. The Morgan fingerprint density at radius 1 is 1.53 bits per heavy atom. The molecule has 4 unspecified atom stereocenters. The predicted octanol–water partition coefficient (Wildman–Crippen LogP) is 2.82. The molecule has 0 bridgehead atoms. The monoisotopic (exact) mass is 287 g/mol. The molecule has 0 aromatic rings. The predicted molar refractivity (Wildman–Crippen MR) is 81.6 cm³/mol. The van der Waals surface area contributed by atoms with E-state index in [0.29, 0.717) is 5.92 Å². The molecule has 2 saturated heterocycles. The highest BCUT2D eigenvalue weighted by Crippen LogP contribution is 2.42. The molecule has 2 rings (SSSR count). The van der Waals surface area contributed by atoms with Crippen molar-refractivity contribution in [3.05, 3.63) is 0 Å². The second-order valence-electron chi connectivity index (χ2n) is 6.21. The van der Waals surface area contributed by atoms with E-state index in [1.807, 2.05) is 11.8 Å². The van der Waals surface area contributed by atoms with Crippen LogP contribution in [0.5, 0.6) is 0 Å². The molecule has 3 nitrogen and oxygen atoms in total. The zero-order valence-corrected chi connectivity index (χ0v) is 13.4. The van der Waals surface area contributed by atoms with Gasteiger partial charge in [-0.2, -0.15) is 11.8 Å². The molecule has 19 heavy (non-hydrogen) atoms. The Morgan fingerprint density at radius 3 is 2.89 bits per heavy atom. The summed E-state index contributed by atoms with van der Waals surface area (Å²) < 4.78 is 12.1. The standard InChI is InChI=1S/C15H29NO2S/c1-4-14(3,17-5-2)13(16)12-6-8-18-15(10-12)7-9-19-11-15/h12-13H,4-11,16H2,1-3H3. The van der Waals surface area contributed by atoms with E-state index < -0.39 is 0 Å². The number of nitrogens with two attached hydrogens (primary N) is 1. The summed E-state index contributed by atoms with van der Waals surface area (Å²) in [6.45, 7) is 8.01. The molecule has 0 aromatic carbocycles. The van der Waals surface area contributed by atoms with Gasteiger partial charge in [-0.3, -0.25) is 0 Å². The zero-order valence-electron chi connectivity index (χ0n) is 12.6. The van der Waals surface area contributed by atoms with Crippen LogP contribution in [0, 0.1) is 5.92 Å². The van der Waals surface area contributed by atoms with Crippen LogP contribution in [-0.2, 0) is 9.47 Å². The van der Waals surface area contributed by atoms with Crippen molar-refractivity contribution in [3.8, 4) is 0 Å². The van der Waals surface area contributed by atoms with Crippen LogP contribution in [0.25, 0.3) is 0 Å². The van der Waals surface area contributed by atoms with Crippen LogP contribution in [0.2, 0.25) is 0 Å². The highest BCUT2D eigenvalue weighted by molar-refractivity contribution is 7.99. The smallest absolute Gasteiger partial charge is 0.0804 e. The maximum absolute atomic E-state index is 6.59. The van der Waals surface area contributed by atoms with Gasteiger partial charge in [-0.1, -0.05) is 6.92 Å². The fourth-order valence-corrected chi connectivity index (χ4v) is 4.88. The largest absolute Gasteiger partial charge is 0.374 e. The third-order valence-corrected chi connectivity index (χ3v) is 6.21. The molecule has 1 spiro atoms.